The second kappa shape index (κ2) is 6.92. The molecule has 0 saturated heterocycles. The lowest BCUT2D eigenvalue weighted by molar-refractivity contribution is 0.0930. The van der Waals surface area contributed by atoms with Crippen LogP contribution >= 0.6 is 0 Å². The zero-order valence-corrected chi connectivity index (χ0v) is 14.4. The highest BCUT2D eigenvalue weighted by Gasteiger charge is 2.20. The lowest BCUT2D eigenvalue weighted by atomic mass is 9.90. The van der Waals surface area contributed by atoms with Gasteiger partial charge in [0.15, 0.2) is 0 Å². The molecule has 1 amide bonds. The number of aromatic nitrogens is 1. The van der Waals surface area contributed by atoms with Crippen LogP contribution in [0, 0.1) is 5.92 Å². The van der Waals surface area contributed by atoms with E-state index < -0.39 is 0 Å². The molecule has 0 spiro atoms. The third-order valence-corrected chi connectivity index (χ3v) is 3.57. The minimum Gasteiger partial charge on any atom is -0.370 e. The number of pyridine rings is 1. The van der Waals surface area contributed by atoms with Crippen molar-refractivity contribution in [1.29, 1.82) is 0 Å². The van der Waals surface area contributed by atoms with Crippen molar-refractivity contribution < 1.29 is 4.79 Å². The van der Waals surface area contributed by atoms with Crippen molar-refractivity contribution in [1.82, 2.24) is 10.3 Å². The van der Waals surface area contributed by atoms with Crippen molar-refractivity contribution in [3.8, 4) is 0 Å². The monoisotopic (exact) mass is 291 g/mol. The Hall–Kier alpha value is -1.58. The molecule has 1 aromatic rings. The molecule has 0 fully saturated rings. The van der Waals surface area contributed by atoms with Crippen LogP contribution in [-0.2, 0) is 5.41 Å². The van der Waals surface area contributed by atoms with Crippen molar-refractivity contribution >= 4 is 11.7 Å². The fraction of sp³-hybridized carbons (Fsp3) is 0.647. The number of amides is 1. The molecule has 0 aromatic carbocycles. The minimum atomic E-state index is -0.0931. The Morgan fingerprint density at radius 1 is 1.24 bits per heavy atom. The van der Waals surface area contributed by atoms with Gasteiger partial charge in [0.05, 0.1) is 0 Å². The quantitative estimate of drug-likeness (QED) is 0.871. The fourth-order valence-corrected chi connectivity index (χ4v) is 1.77. The van der Waals surface area contributed by atoms with Gasteiger partial charge in [-0.25, -0.2) is 4.98 Å². The molecule has 4 heteroatoms. The van der Waals surface area contributed by atoms with Crippen LogP contribution in [0.5, 0.6) is 0 Å². The zero-order valence-electron chi connectivity index (χ0n) is 14.4. The first-order chi connectivity index (χ1) is 9.65. The van der Waals surface area contributed by atoms with Crippen molar-refractivity contribution in [2.24, 2.45) is 5.92 Å². The van der Waals surface area contributed by atoms with Gasteiger partial charge >= 0.3 is 0 Å². The molecule has 0 bridgehead atoms. The van der Waals surface area contributed by atoms with E-state index in [0.717, 1.165) is 18.1 Å². The summed E-state index contributed by atoms with van der Waals surface area (Å²) in [6, 6.07) is 3.86. The molecule has 1 heterocycles. The number of hydrogen-bond acceptors (Lipinski definition) is 3. The van der Waals surface area contributed by atoms with Gasteiger partial charge in [0, 0.05) is 29.3 Å². The standard InChI is InChI=1S/C17H29N3O/c1-8-18-15-10-13(9-14(20-15)17(5,6)7)16(21)19-12(4)11(2)3/h9-12H,8H2,1-7H3,(H,18,20)(H,19,21). The summed E-state index contributed by atoms with van der Waals surface area (Å²) in [4.78, 5) is 17.0. The fourth-order valence-electron chi connectivity index (χ4n) is 1.77. The highest BCUT2D eigenvalue weighted by atomic mass is 16.1. The Morgan fingerprint density at radius 3 is 2.33 bits per heavy atom. The van der Waals surface area contributed by atoms with E-state index in [1.54, 1.807) is 0 Å². The second-order valence-electron chi connectivity index (χ2n) is 6.91. The van der Waals surface area contributed by atoms with Crippen molar-refractivity contribution in [3.05, 3.63) is 23.4 Å². The summed E-state index contributed by atoms with van der Waals surface area (Å²) in [6.45, 7) is 15.3. The van der Waals surface area contributed by atoms with E-state index in [1.807, 2.05) is 26.0 Å². The van der Waals surface area contributed by atoms with E-state index in [1.165, 1.54) is 0 Å². The van der Waals surface area contributed by atoms with Crippen molar-refractivity contribution in [3.63, 3.8) is 0 Å². The van der Waals surface area contributed by atoms with Gasteiger partial charge in [0.2, 0.25) is 0 Å². The molecular formula is C17H29N3O. The van der Waals surface area contributed by atoms with Crippen molar-refractivity contribution in [2.45, 2.75) is 59.9 Å². The molecule has 1 aromatic heterocycles. The number of anilines is 1. The highest BCUT2D eigenvalue weighted by Crippen LogP contribution is 2.23. The molecule has 0 radical (unpaired) electrons. The predicted octanol–water partition coefficient (Wildman–Crippen LogP) is 3.59. The van der Waals surface area contributed by atoms with Crippen molar-refractivity contribution in [2.75, 3.05) is 11.9 Å². The third-order valence-electron chi connectivity index (χ3n) is 3.57. The van der Waals surface area contributed by atoms with Crippen LogP contribution in [-0.4, -0.2) is 23.5 Å². The predicted molar refractivity (Wildman–Crippen MR) is 88.9 cm³/mol. The number of carbonyl (C=O) groups is 1. The van der Waals surface area contributed by atoms with E-state index >= 15 is 0 Å². The Kier molecular flexibility index (Phi) is 5.76. The largest absolute Gasteiger partial charge is 0.370 e. The van der Waals surface area contributed by atoms with Crippen LogP contribution in [0.4, 0.5) is 5.82 Å². The van der Waals surface area contributed by atoms with Crippen LogP contribution in [0.1, 0.15) is 64.5 Å². The number of rotatable bonds is 5. The van der Waals surface area contributed by atoms with Gasteiger partial charge < -0.3 is 10.6 Å². The van der Waals surface area contributed by atoms with Gasteiger partial charge in [-0.05, 0) is 31.9 Å². The maximum Gasteiger partial charge on any atom is 0.251 e. The van der Waals surface area contributed by atoms with E-state index in [9.17, 15) is 4.79 Å². The molecule has 1 rings (SSSR count). The maximum atomic E-state index is 12.4. The average Bonchev–Trinajstić information content (AvgIpc) is 2.37. The molecule has 21 heavy (non-hydrogen) atoms. The van der Waals surface area contributed by atoms with Gasteiger partial charge in [-0.15, -0.1) is 0 Å². The summed E-state index contributed by atoms with van der Waals surface area (Å²) >= 11 is 0. The topological polar surface area (TPSA) is 54.0 Å². The van der Waals surface area contributed by atoms with Crippen LogP contribution < -0.4 is 10.6 Å². The zero-order chi connectivity index (χ0) is 16.2. The highest BCUT2D eigenvalue weighted by molar-refractivity contribution is 5.95. The van der Waals surface area contributed by atoms with Gasteiger partial charge in [-0.1, -0.05) is 34.6 Å². The molecule has 1 atom stereocenters. The third kappa shape index (κ3) is 5.03. The number of carbonyl (C=O) groups excluding carboxylic acids is 1. The SMILES string of the molecule is CCNc1cc(C(=O)NC(C)C(C)C)cc(C(C)(C)C)n1. The minimum absolute atomic E-state index is 0.0387. The molecule has 0 aliphatic rings. The van der Waals surface area contributed by atoms with Crippen LogP contribution in [0.15, 0.2) is 12.1 Å². The normalized spacial score (nSPS) is 13.1. The summed E-state index contributed by atoms with van der Waals surface area (Å²) in [6.07, 6.45) is 0. The van der Waals surface area contributed by atoms with Gasteiger partial charge in [-0.2, -0.15) is 0 Å². The molecular weight excluding hydrogens is 262 g/mol. The Morgan fingerprint density at radius 2 is 1.86 bits per heavy atom. The van der Waals surface area contributed by atoms with Crippen LogP contribution in [0.25, 0.3) is 0 Å². The summed E-state index contributed by atoms with van der Waals surface area (Å²) in [7, 11) is 0. The summed E-state index contributed by atoms with van der Waals surface area (Å²) in [5.41, 5.74) is 1.49. The first-order valence-corrected chi connectivity index (χ1v) is 7.72. The lowest BCUT2D eigenvalue weighted by Gasteiger charge is -2.21. The lowest BCUT2D eigenvalue weighted by Crippen LogP contribution is -2.36. The molecule has 4 nitrogen and oxygen atoms in total. The van der Waals surface area contributed by atoms with Crippen LogP contribution in [0.2, 0.25) is 0 Å². The number of nitrogens with zero attached hydrogens (tertiary/aromatic N) is 1. The van der Waals surface area contributed by atoms with E-state index in [0.29, 0.717) is 11.5 Å². The van der Waals surface area contributed by atoms with Gasteiger partial charge in [0.1, 0.15) is 5.82 Å². The number of nitrogens with one attached hydrogen (secondary N) is 2. The summed E-state index contributed by atoms with van der Waals surface area (Å²) in [5, 5.41) is 6.25. The van der Waals surface area contributed by atoms with E-state index in [2.05, 4.69) is 50.2 Å². The molecule has 0 saturated carbocycles. The molecule has 0 aliphatic carbocycles. The van der Waals surface area contributed by atoms with E-state index in [-0.39, 0.29) is 17.4 Å². The van der Waals surface area contributed by atoms with Gasteiger partial charge in [-0.3, -0.25) is 4.79 Å². The van der Waals surface area contributed by atoms with Crippen LogP contribution in [0.3, 0.4) is 0 Å². The Labute approximate surface area is 128 Å². The first-order valence-electron chi connectivity index (χ1n) is 7.72. The average molecular weight is 291 g/mol. The summed E-state index contributed by atoms with van der Waals surface area (Å²) in [5.74, 6) is 1.13. The molecule has 2 N–H and O–H groups in total. The Balaban J connectivity index is 3.10. The second-order valence-corrected chi connectivity index (χ2v) is 6.91. The maximum absolute atomic E-state index is 12.4. The van der Waals surface area contributed by atoms with Gasteiger partial charge in [0.25, 0.3) is 5.91 Å². The smallest absolute Gasteiger partial charge is 0.251 e. The van der Waals surface area contributed by atoms with E-state index in [4.69, 9.17) is 0 Å². The molecule has 0 aliphatic heterocycles. The molecule has 118 valence electrons. The molecule has 1 unspecified atom stereocenters. The number of hydrogen-bond donors (Lipinski definition) is 2. The first kappa shape index (κ1) is 17.5. The summed E-state index contributed by atoms with van der Waals surface area (Å²) < 4.78 is 0. The Bertz CT molecular complexity index is 489.